The largest absolute Gasteiger partial charge is 0.490 e. The first-order valence-corrected chi connectivity index (χ1v) is 15.1. The third kappa shape index (κ3) is 6.54. The van der Waals surface area contributed by atoms with E-state index in [2.05, 4.69) is 4.99 Å². The quantitative estimate of drug-likeness (QED) is 0.203. The fourth-order valence-electron chi connectivity index (χ4n) is 4.70. The van der Waals surface area contributed by atoms with E-state index in [4.69, 9.17) is 37.4 Å². The first kappa shape index (κ1) is 30.5. The molecule has 43 heavy (non-hydrogen) atoms. The van der Waals surface area contributed by atoms with Crippen LogP contribution in [0.1, 0.15) is 43.5 Å². The molecule has 0 amide bonds. The molecular weight excluding hydrogens is 614 g/mol. The van der Waals surface area contributed by atoms with Gasteiger partial charge in [-0.1, -0.05) is 58.8 Å². The van der Waals surface area contributed by atoms with E-state index in [1.165, 1.54) is 28.0 Å². The van der Waals surface area contributed by atoms with Crippen LogP contribution in [-0.4, -0.2) is 23.8 Å². The minimum atomic E-state index is -0.826. The van der Waals surface area contributed by atoms with Gasteiger partial charge in [0.15, 0.2) is 16.3 Å². The first-order valence-electron chi connectivity index (χ1n) is 13.5. The zero-order chi connectivity index (χ0) is 30.7. The van der Waals surface area contributed by atoms with Gasteiger partial charge in [0.25, 0.3) is 5.56 Å². The summed E-state index contributed by atoms with van der Waals surface area (Å²) in [6.07, 6.45) is 1.73. The van der Waals surface area contributed by atoms with E-state index in [1.54, 1.807) is 62.4 Å². The Morgan fingerprint density at radius 2 is 1.79 bits per heavy atom. The molecule has 0 saturated heterocycles. The molecule has 0 unspecified atom stereocenters. The smallest absolute Gasteiger partial charge is 0.338 e. The van der Waals surface area contributed by atoms with Gasteiger partial charge < -0.3 is 14.2 Å². The number of hydrogen-bond donors (Lipinski definition) is 0. The highest BCUT2D eigenvalue weighted by Gasteiger charge is 2.33. The summed E-state index contributed by atoms with van der Waals surface area (Å²) >= 11 is 13.5. The van der Waals surface area contributed by atoms with Gasteiger partial charge in [-0.25, -0.2) is 14.2 Å². The second-order valence-corrected chi connectivity index (χ2v) is 11.4. The van der Waals surface area contributed by atoms with Crippen LogP contribution >= 0.6 is 34.5 Å². The summed E-state index contributed by atoms with van der Waals surface area (Å²) in [7, 11) is 0. The van der Waals surface area contributed by atoms with Gasteiger partial charge >= 0.3 is 5.97 Å². The molecule has 7 nitrogen and oxygen atoms in total. The van der Waals surface area contributed by atoms with Crippen LogP contribution in [0.4, 0.5) is 4.39 Å². The van der Waals surface area contributed by atoms with E-state index >= 15 is 0 Å². The van der Waals surface area contributed by atoms with Crippen molar-refractivity contribution in [3.63, 3.8) is 0 Å². The molecule has 5 rings (SSSR count). The summed E-state index contributed by atoms with van der Waals surface area (Å²) in [5, 5.41) is 1.03. The number of hydrogen-bond acceptors (Lipinski definition) is 7. The van der Waals surface area contributed by atoms with Crippen molar-refractivity contribution in [3.8, 4) is 11.5 Å². The summed E-state index contributed by atoms with van der Waals surface area (Å²) in [5.41, 5.74) is 2.35. The number of ether oxygens (including phenoxy) is 3. The lowest BCUT2D eigenvalue weighted by atomic mass is 9.96. The van der Waals surface area contributed by atoms with Crippen LogP contribution in [0.25, 0.3) is 6.08 Å². The number of halogens is 3. The van der Waals surface area contributed by atoms with Crippen molar-refractivity contribution in [2.24, 2.45) is 4.99 Å². The van der Waals surface area contributed by atoms with Gasteiger partial charge in [-0.05, 0) is 74.4 Å². The first-order chi connectivity index (χ1) is 20.7. The van der Waals surface area contributed by atoms with Crippen LogP contribution < -0.4 is 24.4 Å². The van der Waals surface area contributed by atoms with Crippen molar-refractivity contribution >= 4 is 46.6 Å². The third-order valence-corrected chi connectivity index (χ3v) is 8.24. The number of aromatic nitrogens is 1. The predicted molar refractivity (Wildman–Crippen MR) is 165 cm³/mol. The molecule has 1 atom stereocenters. The lowest BCUT2D eigenvalue weighted by Gasteiger charge is -2.24. The lowest BCUT2D eigenvalue weighted by Crippen LogP contribution is -2.39. The van der Waals surface area contributed by atoms with Crippen LogP contribution in [0, 0.1) is 5.82 Å². The standard InChI is InChI=1S/C32H27Cl2FN2O5S/c1-4-40-26-14-19(6-13-25(26)42-17-21-7-10-22(33)16-24(21)34)15-27-30(38)37-29(20-8-11-23(35)12-9-20)28(31(39)41-5-2)18(3)36-32(37)43-27/h6-16,29H,4-5,17H2,1-3H3/b27-15-/t29-/m0/s1. The van der Waals surface area contributed by atoms with Crippen LogP contribution in [0.15, 0.2) is 81.7 Å². The highest BCUT2D eigenvalue weighted by Crippen LogP contribution is 2.32. The number of esters is 1. The summed E-state index contributed by atoms with van der Waals surface area (Å²) in [6.45, 7) is 6.03. The Bertz CT molecular complexity index is 1900. The number of carbonyl (C=O) groups excluding carboxylic acids is 1. The molecule has 1 aliphatic rings. The molecule has 0 radical (unpaired) electrons. The van der Waals surface area contributed by atoms with Crippen LogP contribution in [-0.2, 0) is 16.1 Å². The van der Waals surface area contributed by atoms with Gasteiger partial charge in [0.05, 0.1) is 35.1 Å². The van der Waals surface area contributed by atoms with Gasteiger partial charge in [-0.3, -0.25) is 9.36 Å². The minimum Gasteiger partial charge on any atom is -0.490 e. The monoisotopic (exact) mass is 640 g/mol. The molecule has 11 heteroatoms. The number of nitrogens with zero attached hydrogens (tertiary/aromatic N) is 2. The molecule has 0 N–H and O–H groups in total. The minimum absolute atomic E-state index is 0.158. The third-order valence-electron chi connectivity index (χ3n) is 6.67. The maximum atomic E-state index is 13.8. The summed E-state index contributed by atoms with van der Waals surface area (Å²) in [5.74, 6) is 0.00348. The summed E-state index contributed by atoms with van der Waals surface area (Å²) in [6, 6.07) is 15.4. The van der Waals surface area contributed by atoms with Crippen molar-refractivity contribution in [2.75, 3.05) is 13.2 Å². The van der Waals surface area contributed by atoms with Gasteiger partial charge in [0, 0.05) is 15.6 Å². The van der Waals surface area contributed by atoms with Crippen molar-refractivity contribution in [1.29, 1.82) is 0 Å². The van der Waals surface area contributed by atoms with Crippen molar-refractivity contribution in [1.82, 2.24) is 4.57 Å². The fourth-order valence-corrected chi connectivity index (χ4v) is 6.21. The molecule has 0 spiro atoms. The van der Waals surface area contributed by atoms with E-state index in [0.29, 0.717) is 54.3 Å². The van der Waals surface area contributed by atoms with E-state index < -0.39 is 17.8 Å². The Kier molecular flexibility index (Phi) is 9.34. The second-order valence-electron chi connectivity index (χ2n) is 9.52. The number of thiazole rings is 1. The van der Waals surface area contributed by atoms with Crippen molar-refractivity contribution in [3.05, 3.63) is 124 Å². The molecule has 222 valence electrons. The summed E-state index contributed by atoms with van der Waals surface area (Å²) in [4.78, 5) is 31.9. The van der Waals surface area contributed by atoms with E-state index in [9.17, 15) is 14.0 Å². The Hall–Kier alpha value is -3.92. The Labute approximate surface area is 261 Å². The topological polar surface area (TPSA) is 79.1 Å². The van der Waals surface area contributed by atoms with Crippen LogP contribution in [0.2, 0.25) is 10.0 Å². The van der Waals surface area contributed by atoms with E-state index in [0.717, 1.165) is 5.56 Å². The molecule has 4 aromatic rings. The van der Waals surface area contributed by atoms with Gasteiger partial charge in [0.2, 0.25) is 0 Å². The van der Waals surface area contributed by atoms with Crippen molar-refractivity contribution in [2.45, 2.75) is 33.4 Å². The Morgan fingerprint density at radius 1 is 1.02 bits per heavy atom. The summed E-state index contributed by atoms with van der Waals surface area (Å²) < 4.78 is 32.8. The van der Waals surface area contributed by atoms with E-state index in [-0.39, 0.29) is 24.3 Å². The molecule has 1 aliphatic heterocycles. The number of carbonyl (C=O) groups is 1. The molecule has 0 bridgehead atoms. The fraction of sp³-hybridized carbons (Fsp3) is 0.219. The maximum Gasteiger partial charge on any atom is 0.338 e. The molecule has 3 aromatic carbocycles. The normalized spacial score (nSPS) is 14.7. The molecule has 0 fully saturated rings. The van der Waals surface area contributed by atoms with Crippen molar-refractivity contribution < 1.29 is 23.4 Å². The van der Waals surface area contributed by atoms with E-state index in [1.807, 2.05) is 13.0 Å². The number of fused-ring (bicyclic) bond motifs is 1. The SMILES string of the molecule is CCOC(=O)C1=C(C)N=c2s/c(=C\c3ccc(OCc4ccc(Cl)cc4Cl)c(OCC)c3)c(=O)n2[C@H]1c1ccc(F)cc1. The average Bonchev–Trinajstić information content (AvgIpc) is 3.27. The highest BCUT2D eigenvalue weighted by molar-refractivity contribution is 7.07. The Morgan fingerprint density at radius 3 is 2.49 bits per heavy atom. The second kappa shape index (κ2) is 13.2. The number of rotatable bonds is 9. The van der Waals surface area contributed by atoms with Gasteiger partial charge in [-0.2, -0.15) is 0 Å². The molecular formula is C32H27Cl2FN2O5S. The average molecular weight is 642 g/mol. The number of allylic oxidation sites excluding steroid dienone is 1. The van der Waals surface area contributed by atoms with Gasteiger partial charge in [-0.15, -0.1) is 0 Å². The zero-order valence-corrected chi connectivity index (χ0v) is 25.9. The van der Waals surface area contributed by atoms with Crippen LogP contribution in [0.5, 0.6) is 11.5 Å². The Balaban J connectivity index is 1.54. The maximum absolute atomic E-state index is 13.8. The predicted octanol–water partition coefficient (Wildman–Crippen LogP) is 6.22. The molecule has 0 saturated carbocycles. The lowest BCUT2D eigenvalue weighted by molar-refractivity contribution is -0.139. The zero-order valence-electron chi connectivity index (χ0n) is 23.5. The van der Waals surface area contributed by atoms with Gasteiger partial charge in [0.1, 0.15) is 12.4 Å². The molecule has 0 aliphatic carbocycles. The number of benzene rings is 3. The molecule has 1 aromatic heterocycles. The van der Waals surface area contributed by atoms with Crippen LogP contribution in [0.3, 0.4) is 0 Å². The molecule has 2 heterocycles. The highest BCUT2D eigenvalue weighted by atomic mass is 35.5.